The first-order valence-electron chi connectivity index (χ1n) is 9.96. The summed E-state index contributed by atoms with van der Waals surface area (Å²) in [7, 11) is 0. The Labute approximate surface area is 197 Å². The van der Waals surface area contributed by atoms with Gasteiger partial charge in [-0.15, -0.1) is 0 Å². The molecular formula is C25H17BrFNO5. The predicted octanol–water partition coefficient (Wildman–Crippen LogP) is 5.55. The number of esters is 2. The van der Waals surface area contributed by atoms with E-state index >= 15 is 0 Å². The van der Waals surface area contributed by atoms with Gasteiger partial charge in [0.05, 0.1) is 16.6 Å². The number of cyclic esters (lactones) is 1. The molecule has 0 fully saturated rings. The number of hydrogen-bond acceptors (Lipinski definition) is 6. The van der Waals surface area contributed by atoms with Crippen molar-refractivity contribution in [2.75, 3.05) is 6.61 Å². The van der Waals surface area contributed by atoms with E-state index < -0.39 is 17.8 Å². The molecule has 0 spiro atoms. The highest BCUT2D eigenvalue weighted by molar-refractivity contribution is 9.10. The molecule has 1 heterocycles. The molecule has 3 aromatic rings. The van der Waals surface area contributed by atoms with Gasteiger partial charge < -0.3 is 14.2 Å². The maximum atomic E-state index is 13.5. The molecule has 0 unspecified atom stereocenters. The fourth-order valence-corrected chi connectivity index (χ4v) is 3.61. The average Bonchev–Trinajstić information content (AvgIpc) is 3.17. The standard InChI is InChI=1S/C25H17BrFNO5/c1-2-31-21-13-15(11-19(26)22(21)32-24(29)16-7-4-3-5-8-16)12-20-25(30)33-23(28-20)17-9-6-10-18(27)14-17/h3-14H,2H2,1H3/b20-12-. The Morgan fingerprint density at radius 1 is 1.12 bits per heavy atom. The fourth-order valence-electron chi connectivity index (χ4n) is 3.07. The Balaban J connectivity index is 1.65. The summed E-state index contributed by atoms with van der Waals surface area (Å²) in [6, 6.07) is 17.5. The van der Waals surface area contributed by atoms with Crippen LogP contribution in [0.25, 0.3) is 6.08 Å². The molecule has 166 valence electrons. The van der Waals surface area contributed by atoms with Crippen LogP contribution in [0.5, 0.6) is 11.5 Å². The highest BCUT2D eigenvalue weighted by Gasteiger charge is 2.25. The summed E-state index contributed by atoms with van der Waals surface area (Å²) in [5.41, 5.74) is 1.34. The second-order valence-corrected chi connectivity index (χ2v) is 7.72. The van der Waals surface area contributed by atoms with Crippen molar-refractivity contribution in [3.05, 3.63) is 99.4 Å². The van der Waals surface area contributed by atoms with Crippen molar-refractivity contribution in [1.82, 2.24) is 0 Å². The number of rotatable bonds is 6. The summed E-state index contributed by atoms with van der Waals surface area (Å²) in [6.45, 7) is 2.12. The number of benzene rings is 3. The summed E-state index contributed by atoms with van der Waals surface area (Å²) in [5, 5.41) is 0. The summed E-state index contributed by atoms with van der Waals surface area (Å²) in [6.07, 6.45) is 1.50. The van der Waals surface area contributed by atoms with Crippen LogP contribution < -0.4 is 9.47 Å². The summed E-state index contributed by atoms with van der Waals surface area (Å²) in [5.74, 6) is -1.12. The molecule has 33 heavy (non-hydrogen) atoms. The van der Waals surface area contributed by atoms with E-state index in [0.717, 1.165) is 0 Å². The number of aliphatic imine (C=N–C) groups is 1. The topological polar surface area (TPSA) is 74.2 Å². The van der Waals surface area contributed by atoms with Crippen LogP contribution in [0, 0.1) is 5.82 Å². The molecule has 0 aromatic heterocycles. The summed E-state index contributed by atoms with van der Waals surface area (Å²) < 4.78 is 30.3. The molecular weight excluding hydrogens is 493 g/mol. The van der Waals surface area contributed by atoms with Gasteiger partial charge in [-0.3, -0.25) is 0 Å². The van der Waals surface area contributed by atoms with Crippen LogP contribution in [-0.2, 0) is 9.53 Å². The lowest BCUT2D eigenvalue weighted by atomic mass is 10.1. The normalized spacial score (nSPS) is 14.1. The molecule has 0 saturated heterocycles. The molecule has 6 nitrogen and oxygen atoms in total. The molecule has 1 aliphatic heterocycles. The molecule has 0 amide bonds. The van der Waals surface area contributed by atoms with Crippen LogP contribution in [0.1, 0.15) is 28.4 Å². The molecule has 8 heteroatoms. The van der Waals surface area contributed by atoms with Crippen molar-refractivity contribution >= 4 is 39.8 Å². The zero-order valence-electron chi connectivity index (χ0n) is 17.4. The summed E-state index contributed by atoms with van der Waals surface area (Å²) in [4.78, 5) is 29.0. The van der Waals surface area contributed by atoms with Gasteiger partial charge in [-0.05, 0) is 77.0 Å². The number of carbonyl (C=O) groups excluding carboxylic acids is 2. The molecule has 4 rings (SSSR count). The number of halogens is 2. The third kappa shape index (κ3) is 5.18. The van der Waals surface area contributed by atoms with Crippen LogP contribution in [0.3, 0.4) is 0 Å². The number of carbonyl (C=O) groups is 2. The SMILES string of the molecule is CCOc1cc(/C=C2\N=C(c3cccc(F)c3)OC2=O)cc(Br)c1OC(=O)c1ccccc1. The molecule has 0 aliphatic carbocycles. The molecule has 0 radical (unpaired) electrons. The Morgan fingerprint density at radius 2 is 1.91 bits per heavy atom. The number of hydrogen-bond donors (Lipinski definition) is 0. The highest BCUT2D eigenvalue weighted by Crippen LogP contribution is 2.38. The first kappa shape index (κ1) is 22.4. The van der Waals surface area contributed by atoms with Gasteiger partial charge in [0.25, 0.3) is 0 Å². The van der Waals surface area contributed by atoms with Gasteiger partial charge in [0.2, 0.25) is 5.90 Å². The van der Waals surface area contributed by atoms with Crippen molar-refractivity contribution in [1.29, 1.82) is 0 Å². The van der Waals surface area contributed by atoms with Crippen molar-refractivity contribution in [2.45, 2.75) is 6.92 Å². The lowest BCUT2D eigenvalue weighted by Gasteiger charge is -2.13. The van der Waals surface area contributed by atoms with Gasteiger partial charge in [0.15, 0.2) is 17.2 Å². The van der Waals surface area contributed by atoms with E-state index in [2.05, 4.69) is 20.9 Å². The van der Waals surface area contributed by atoms with Crippen molar-refractivity contribution in [2.24, 2.45) is 4.99 Å². The van der Waals surface area contributed by atoms with E-state index in [1.807, 2.05) is 0 Å². The van der Waals surface area contributed by atoms with Gasteiger partial charge in [0.1, 0.15) is 5.82 Å². The van der Waals surface area contributed by atoms with Crippen molar-refractivity contribution in [3.63, 3.8) is 0 Å². The Kier molecular flexibility index (Phi) is 6.65. The first-order chi connectivity index (χ1) is 15.9. The molecule has 3 aromatic carbocycles. The quantitative estimate of drug-likeness (QED) is 0.247. The second-order valence-electron chi connectivity index (χ2n) is 6.86. The van der Waals surface area contributed by atoms with E-state index in [1.54, 1.807) is 55.5 Å². The van der Waals surface area contributed by atoms with Crippen LogP contribution >= 0.6 is 15.9 Å². The number of nitrogens with zero attached hydrogens (tertiary/aromatic N) is 1. The third-order valence-electron chi connectivity index (χ3n) is 4.53. The van der Waals surface area contributed by atoms with Crippen LogP contribution in [0.2, 0.25) is 0 Å². The van der Waals surface area contributed by atoms with Gasteiger partial charge >= 0.3 is 11.9 Å². The zero-order chi connectivity index (χ0) is 23.4. The lowest BCUT2D eigenvalue weighted by molar-refractivity contribution is -0.129. The van der Waals surface area contributed by atoms with E-state index in [4.69, 9.17) is 14.2 Å². The van der Waals surface area contributed by atoms with Crippen LogP contribution in [0.15, 0.2) is 81.9 Å². The maximum Gasteiger partial charge on any atom is 0.363 e. The largest absolute Gasteiger partial charge is 0.490 e. The van der Waals surface area contributed by atoms with E-state index in [0.29, 0.717) is 33.5 Å². The lowest BCUT2D eigenvalue weighted by Crippen LogP contribution is -2.10. The minimum absolute atomic E-state index is 0.0169. The molecule has 0 atom stereocenters. The minimum Gasteiger partial charge on any atom is -0.490 e. The van der Waals surface area contributed by atoms with E-state index in [-0.39, 0.29) is 17.3 Å². The summed E-state index contributed by atoms with van der Waals surface area (Å²) >= 11 is 3.41. The van der Waals surface area contributed by atoms with Gasteiger partial charge in [-0.2, -0.15) is 0 Å². The molecule has 0 saturated carbocycles. The molecule has 0 N–H and O–H groups in total. The molecule has 1 aliphatic rings. The second kappa shape index (κ2) is 9.79. The molecule has 0 bridgehead atoms. The Bertz CT molecular complexity index is 1290. The minimum atomic E-state index is -0.664. The smallest absolute Gasteiger partial charge is 0.363 e. The Morgan fingerprint density at radius 3 is 2.64 bits per heavy atom. The van der Waals surface area contributed by atoms with Crippen molar-refractivity contribution < 1.29 is 28.2 Å². The van der Waals surface area contributed by atoms with Crippen LogP contribution in [0.4, 0.5) is 4.39 Å². The van der Waals surface area contributed by atoms with Gasteiger partial charge in [0, 0.05) is 5.56 Å². The first-order valence-corrected chi connectivity index (χ1v) is 10.8. The van der Waals surface area contributed by atoms with Crippen LogP contribution in [-0.4, -0.2) is 24.4 Å². The third-order valence-corrected chi connectivity index (χ3v) is 5.12. The predicted molar refractivity (Wildman–Crippen MR) is 124 cm³/mol. The van der Waals surface area contributed by atoms with E-state index in [1.165, 1.54) is 24.3 Å². The maximum absolute atomic E-state index is 13.5. The highest BCUT2D eigenvalue weighted by atomic mass is 79.9. The number of ether oxygens (including phenoxy) is 3. The van der Waals surface area contributed by atoms with Gasteiger partial charge in [-0.25, -0.2) is 19.0 Å². The fraction of sp³-hybridized carbons (Fsp3) is 0.0800. The zero-order valence-corrected chi connectivity index (χ0v) is 19.0. The van der Waals surface area contributed by atoms with E-state index in [9.17, 15) is 14.0 Å². The van der Waals surface area contributed by atoms with Gasteiger partial charge in [-0.1, -0.05) is 24.3 Å². The average molecular weight is 510 g/mol. The van der Waals surface area contributed by atoms with Crippen molar-refractivity contribution in [3.8, 4) is 11.5 Å². The monoisotopic (exact) mass is 509 g/mol. The Hall–Kier alpha value is -3.78.